The number of carbonyl (C=O) groups excluding carboxylic acids is 1. The first-order valence-corrected chi connectivity index (χ1v) is 12.3. The van der Waals surface area contributed by atoms with Gasteiger partial charge in [0.25, 0.3) is 0 Å². The summed E-state index contributed by atoms with van der Waals surface area (Å²) in [7, 11) is 0. The van der Waals surface area contributed by atoms with Gasteiger partial charge < -0.3 is 14.5 Å². The fraction of sp³-hybridized carbons (Fsp3) is 0.280. The molecule has 1 amide bonds. The Hall–Kier alpha value is -3.59. The molecule has 3 heterocycles. The highest BCUT2D eigenvalue weighted by atomic mass is 32.2. The van der Waals surface area contributed by atoms with Gasteiger partial charge in [-0.1, -0.05) is 23.9 Å². The van der Waals surface area contributed by atoms with Crippen molar-refractivity contribution < 1.29 is 9.53 Å². The molecule has 1 saturated heterocycles. The number of aromatic nitrogens is 4. The Morgan fingerprint density at radius 2 is 1.71 bits per heavy atom. The fourth-order valence-electron chi connectivity index (χ4n) is 4.04. The summed E-state index contributed by atoms with van der Waals surface area (Å²) in [6, 6.07) is 17.8. The Morgan fingerprint density at radius 1 is 0.971 bits per heavy atom. The summed E-state index contributed by atoms with van der Waals surface area (Å²) in [5.41, 5.74) is 2.91. The molecule has 2 aromatic carbocycles. The van der Waals surface area contributed by atoms with Crippen LogP contribution in [-0.4, -0.2) is 68.9 Å². The first-order chi connectivity index (χ1) is 16.7. The number of thioether (sulfide) groups is 1. The van der Waals surface area contributed by atoms with Crippen molar-refractivity contribution in [3.8, 4) is 11.4 Å². The minimum absolute atomic E-state index is 0.115. The molecule has 0 spiro atoms. The van der Waals surface area contributed by atoms with Gasteiger partial charge in [-0.15, -0.1) is 0 Å². The van der Waals surface area contributed by atoms with Crippen molar-refractivity contribution in [3.05, 3.63) is 67.0 Å². The number of para-hydroxylation sites is 2. The van der Waals surface area contributed by atoms with Crippen molar-refractivity contribution in [3.63, 3.8) is 0 Å². The molecule has 0 bridgehead atoms. The minimum atomic E-state index is 0.115. The van der Waals surface area contributed by atoms with Crippen LogP contribution >= 0.6 is 11.8 Å². The quantitative estimate of drug-likeness (QED) is 0.379. The maximum Gasteiger partial charge on any atom is 0.233 e. The van der Waals surface area contributed by atoms with Crippen LogP contribution in [0.5, 0.6) is 5.75 Å². The standard InChI is InChI=1S/C25H26N6O2S/c1-2-33-20-10-8-19(9-11-20)31-22-7-4-3-6-21(22)28-25(31)34-18-23(32)29-14-16-30(17-15-29)24-26-12-5-13-27-24/h3-13H,2,14-18H2,1H3. The number of benzene rings is 2. The molecule has 0 radical (unpaired) electrons. The van der Waals surface area contributed by atoms with Crippen LogP contribution in [0.15, 0.2) is 72.1 Å². The number of nitrogens with zero attached hydrogens (tertiary/aromatic N) is 6. The summed E-state index contributed by atoms with van der Waals surface area (Å²) in [5.74, 6) is 2.00. The molecule has 8 nitrogen and oxygen atoms in total. The van der Waals surface area contributed by atoms with Gasteiger partial charge in [0.1, 0.15) is 5.75 Å². The van der Waals surface area contributed by atoms with Gasteiger partial charge in [-0.25, -0.2) is 15.0 Å². The number of rotatable bonds is 7. The monoisotopic (exact) mass is 474 g/mol. The van der Waals surface area contributed by atoms with E-state index < -0.39 is 0 Å². The molecule has 1 aliphatic rings. The largest absolute Gasteiger partial charge is 0.494 e. The van der Waals surface area contributed by atoms with E-state index in [2.05, 4.69) is 25.5 Å². The number of piperazine rings is 1. The first kappa shape index (κ1) is 22.2. The second kappa shape index (κ2) is 10.1. The van der Waals surface area contributed by atoms with E-state index in [0.717, 1.165) is 40.7 Å². The normalized spacial score (nSPS) is 13.9. The van der Waals surface area contributed by atoms with Gasteiger partial charge in [-0.05, 0) is 49.4 Å². The van der Waals surface area contributed by atoms with Crippen molar-refractivity contribution in [1.82, 2.24) is 24.4 Å². The zero-order valence-corrected chi connectivity index (χ0v) is 19.8. The van der Waals surface area contributed by atoms with Crippen LogP contribution in [0.3, 0.4) is 0 Å². The Kier molecular flexibility index (Phi) is 6.62. The van der Waals surface area contributed by atoms with E-state index in [1.165, 1.54) is 11.8 Å². The second-order valence-corrected chi connectivity index (χ2v) is 8.79. The molecular formula is C25H26N6O2S. The van der Waals surface area contributed by atoms with E-state index in [1.807, 2.05) is 54.3 Å². The first-order valence-electron chi connectivity index (χ1n) is 11.4. The number of hydrogen-bond acceptors (Lipinski definition) is 7. The molecular weight excluding hydrogens is 448 g/mol. The van der Waals surface area contributed by atoms with Crippen LogP contribution in [0.25, 0.3) is 16.7 Å². The lowest BCUT2D eigenvalue weighted by Gasteiger charge is -2.34. The summed E-state index contributed by atoms with van der Waals surface area (Å²) in [5, 5.41) is 0.801. The zero-order chi connectivity index (χ0) is 23.3. The Bertz CT molecular complexity index is 1250. The van der Waals surface area contributed by atoms with Crippen molar-refractivity contribution >= 4 is 34.7 Å². The Labute approximate surface area is 202 Å². The highest BCUT2D eigenvalue weighted by molar-refractivity contribution is 7.99. The van der Waals surface area contributed by atoms with E-state index in [1.54, 1.807) is 18.5 Å². The summed E-state index contributed by atoms with van der Waals surface area (Å²) >= 11 is 1.47. The van der Waals surface area contributed by atoms with Gasteiger partial charge in [-0.2, -0.15) is 0 Å². The molecule has 0 aliphatic carbocycles. The lowest BCUT2D eigenvalue weighted by Crippen LogP contribution is -2.49. The average Bonchev–Trinajstić information content (AvgIpc) is 3.27. The SMILES string of the molecule is CCOc1ccc(-n2c(SCC(=O)N3CCN(c4ncccn4)CC3)nc3ccccc32)cc1. The third-order valence-corrected chi connectivity index (χ3v) is 6.65. The number of hydrogen-bond donors (Lipinski definition) is 0. The Morgan fingerprint density at radius 3 is 2.44 bits per heavy atom. The molecule has 2 aromatic heterocycles. The molecule has 0 unspecified atom stereocenters. The summed E-state index contributed by atoms with van der Waals surface area (Å²) in [6.07, 6.45) is 3.49. The molecule has 174 valence electrons. The molecule has 1 fully saturated rings. The minimum Gasteiger partial charge on any atom is -0.494 e. The highest BCUT2D eigenvalue weighted by Gasteiger charge is 2.23. The molecule has 0 atom stereocenters. The van der Waals surface area contributed by atoms with E-state index in [0.29, 0.717) is 31.4 Å². The fourth-order valence-corrected chi connectivity index (χ4v) is 4.97. The van der Waals surface area contributed by atoms with Crippen molar-refractivity contribution in [1.29, 1.82) is 0 Å². The van der Waals surface area contributed by atoms with E-state index in [-0.39, 0.29) is 5.91 Å². The maximum absolute atomic E-state index is 13.0. The number of fused-ring (bicyclic) bond motifs is 1. The van der Waals surface area contributed by atoms with Crippen LogP contribution in [0.2, 0.25) is 0 Å². The van der Waals surface area contributed by atoms with Crippen LogP contribution in [0.4, 0.5) is 5.95 Å². The molecule has 4 aromatic rings. The van der Waals surface area contributed by atoms with Gasteiger partial charge in [0.15, 0.2) is 5.16 Å². The predicted molar refractivity (Wildman–Crippen MR) is 134 cm³/mol. The highest BCUT2D eigenvalue weighted by Crippen LogP contribution is 2.29. The summed E-state index contributed by atoms with van der Waals surface area (Å²) in [4.78, 5) is 30.5. The van der Waals surface area contributed by atoms with Gasteiger partial charge >= 0.3 is 0 Å². The van der Waals surface area contributed by atoms with Crippen molar-refractivity contribution in [2.24, 2.45) is 0 Å². The molecule has 34 heavy (non-hydrogen) atoms. The average molecular weight is 475 g/mol. The van der Waals surface area contributed by atoms with Crippen molar-refractivity contribution in [2.45, 2.75) is 12.1 Å². The zero-order valence-electron chi connectivity index (χ0n) is 19.0. The van der Waals surface area contributed by atoms with E-state index in [4.69, 9.17) is 9.72 Å². The summed E-state index contributed by atoms with van der Waals surface area (Å²) in [6.45, 7) is 5.37. The van der Waals surface area contributed by atoms with Gasteiger partial charge in [-0.3, -0.25) is 9.36 Å². The van der Waals surface area contributed by atoms with Gasteiger partial charge in [0, 0.05) is 44.3 Å². The number of amides is 1. The molecule has 0 saturated carbocycles. The number of carbonyl (C=O) groups is 1. The smallest absolute Gasteiger partial charge is 0.233 e. The molecule has 1 aliphatic heterocycles. The summed E-state index contributed by atoms with van der Waals surface area (Å²) < 4.78 is 7.69. The predicted octanol–water partition coefficient (Wildman–Crippen LogP) is 3.66. The van der Waals surface area contributed by atoms with Crippen LogP contribution in [0, 0.1) is 0 Å². The number of imidazole rings is 1. The lowest BCUT2D eigenvalue weighted by atomic mass is 10.2. The van der Waals surface area contributed by atoms with Crippen LogP contribution < -0.4 is 9.64 Å². The topological polar surface area (TPSA) is 76.4 Å². The maximum atomic E-state index is 13.0. The van der Waals surface area contributed by atoms with Gasteiger partial charge in [0.2, 0.25) is 11.9 Å². The van der Waals surface area contributed by atoms with E-state index in [9.17, 15) is 4.79 Å². The third-order valence-electron chi connectivity index (χ3n) is 5.73. The molecule has 0 N–H and O–H groups in total. The van der Waals surface area contributed by atoms with E-state index >= 15 is 0 Å². The second-order valence-electron chi connectivity index (χ2n) is 7.85. The molecule has 5 rings (SSSR count). The van der Waals surface area contributed by atoms with Crippen LogP contribution in [-0.2, 0) is 4.79 Å². The van der Waals surface area contributed by atoms with Crippen molar-refractivity contribution in [2.75, 3.05) is 43.4 Å². The lowest BCUT2D eigenvalue weighted by molar-refractivity contribution is -0.128. The number of anilines is 1. The third kappa shape index (κ3) is 4.70. The number of ether oxygens (including phenoxy) is 1. The molecule has 9 heteroatoms. The van der Waals surface area contributed by atoms with Gasteiger partial charge in [0.05, 0.1) is 23.4 Å². The Balaban J connectivity index is 1.29. The van der Waals surface area contributed by atoms with Crippen LogP contribution in [0.1, 0.15) is 6.92 Å².